The molecule has 0 unspecified atom stereocenters. The van der Waals surface area contributed by atoms with Crippen LogP contribution in [-0.2, 0) is 6.42 Å². The van der Waals surface area contributed by atoms with E-state index in [0.29, 0.717) is 27.8 Å². The highest BCUT2D eigenvalue weighted by molar-refractivity contribution is 7.99. The number of rotatable bonds is 7. The molecule has 0 saturated heterocycles. The molecule has 1 amide bonds. The Morgan fingerprint density at radius 3 is 2.48 bits per heavy atom. The third kappa shape index (κ3) is 5.56. The molecule has 1 N–H and O–H groups in total. The summed E-state index contributed by atoms with van der Waals surface area (Å²) >= 11 is 7.30. The number of carbonyl (C=O) groups excluding carboxylic acids is 1. The van der Waals surface area contributed by atoms with Gasteiger partial charge in [0.05, 0.1) is 14.8 Å². The second-order valence-electron chi connectivity index (χ2n) is 6.10. The molecule has 3 aromatic carbocycles. The number of nitro groups is 1. The molecule has 5 nitrogen and oxygen atoms in total. The van der Waals surface area contributed by atoms with E-state index in [-0.39, 0.29) is 17.1 Å². The van der Waals surface area contributed by atoms with Gasteiger partial charge >= 0.3 is 0 Å². The van der Waals surface area contributed by atoms with Crippen molar-refractivity contribution in [3.63, 3.8) is 0 Å². The number of nitro benzene ring substituents is 1. The third-order valence-corrected chi connectivity index (χ3v) is 5.67. The molecule has 3 rings (SSSR count). The van der Waals surface area contributed by atoms with Crippen LogP contribution in [0.1, 0.15) is 15.9 Å². The van der Waals surface area contributed by atoms with Crippen LogP contribution in [0.25, 0.3) is 0 Å². The summed E-state index contributed by atoms with van der Waals surface area (Å²) in [6.07, 6.45) is 0.522. The van der Waals surface area contributed by atoms with Crippen LogP contribution >= 0.6 is 23.4 Å². The van der Waals surface area contributed by atoms with Crippen molar-refractivity contribution in [2.45, 2.75) is 16.2 Å². The molecule has 0 radical (unpaired) electrons. The van der Waals surface area contributed by atoms with Crippen LogP contribution in [-0.4, -0.2) is 17.4 Å². The summed E-state index contributed by atoms with van der Waals surface area (Å²) in [6, 6.07) is 17.4. The maximum absolute atomic E-state index is 12.9. The van der Waals surface area contributed by atoms with E-state index >= 15 is 0 Å². The molecular formula is C21H16ClFN2O3S. The zero-order valence-corrected chi connectivity index (χ0v) is 16.7. The van der Waals surface area contributed by atoms with Crippen molar-refractivity contribution in [2.75, 3.05) is 6.54 Å². The summed E-state index contributed by atoms with van der Waals surface area (Å²) in [5.41, 5.74) is 0.907. The first-order valence-electron chi connectivity index (χ1n) is 8.67. The number of nitrogens with one attached hydrogen (secondary N) is 1. The van der Waals surface area contributed by atoms with Crippen LogP contribution in [0.3, 0.4) is 0 Å². The molecule has 0 heterocycles. The van der Waals surface area contributed by atoms with Gasteiger partial charge in [-0.25, -0.2) is 4.39 Å². The molecule has 0 aliphatic heterocycles. The SMILES string of the molecule is O=C(NCCc1ccc(F)cc1)c1ccc(Sc2ccccc2Cl)c([N+](=O)[O-])c1. The molecule has 0 atom stereocenters. The van der Waals surface area contributed by atoms with Gasteiger partial charge in [0.2, 0.25) is 0 Å². The predicted molar refractivity (Wildman–Crippen MR) is 111 cm³/mol. The Morgan fingerprint density at radius 2 is 1.79 bits per heavy atom. The molecule has 0 aliphatic rings. The lowest BCUT2D eigenvalue weighted by molar-refractivity contribution is -0.387. The van der Waals surface area contributed by atoms with Crippen LogP contribution in [0.5, 0.6) is 0 Å². The average Bonchev–Trinajstić information content (AvgIpc) is 2.71. The summed E-state index contributed by atoms with van der Waals surface area (Å²) in [4.78, 5) is 24.4. The van der Waals surface area contributed by atoms with Crippen LogP contribution < -0.4 is 5.32 Å². The van der Waals surface area contributed by atoms with Gasteiger partial charge < -0.3 is 5.32 Å². The van der Waals surface area contributed by atoms with Gasteiger partial charge in [0, 0.05) is 23.1 Å². The standard InChI is InChI=1S/C21H16ClFN2O3S/c22-17-3-1-2-4-19(17)29-20-10-7-15(13-18(20)25(27)28)21(26)24-12-11-14-5-8-16(23)9-6-14/h1-10,13H,11-12H2,(H,24,26). The summed E-state index contributed by atoms with van der Waals surface area (Å²) in [5, 5.41) is 14.7. The second-order valence-corrected chi connectivity index (χ2v) is 7.60. The molecule has 29 heavy (non-hydrogen) atoms. The number of amides is 1. The van der Waals surface area contributed by atoms with E-state index in [0.717, 1.165) is 5.56 Å². The van der Waals surface area contributed by atoms with Crippen molar-refractivity contribution in [2.24, 2.45) is 0 Å². The minimum atomic E-state index is -0.519. The Bertz CT molecular complexity index is 1040. The number of hydrogen-bond donors (Lipinski definition) is 1. The molecule has 0 aromatic heterocycles. The number of halogens is 2. The number of nitrogens with zero attached hydrogens (tertiary/aromatic N) is 1. The lowest BCUT2D eigenvalue weighted by Gasteiger charge is -2.08. The highest BCUT2D eigenvalue weighted by atomic mass is 35.5. The van der Waals surface area contributed by atoms with Crippen molar-refractivity contribution < 1.29 is 14.1 Å². The molecular weight excluding hydrogens is 415 g/mol. The predicted octanol–water partition coefficient (Wildman–Crippen LogP) is 5.51. The zero-order chi connectivity index (χ0) is 20.8. The summed E-state index contributed by atoms with van der Waals surface area (Å²) in [6.45, 7) is 0.328. The highest BCUT2D eigenvalue weighted by Gasteiger charge is 2.19. The van der Waals surface area contributed by atoms with Gasteiger partial charge in [0.1, 0.15) is 5.82 Å². The lowest BCUT2D eigenvalue weighted by atomic mass is 10.1. The van der Waals surface area contributed by atoms with E-state index in [2.05, 4.69) is 5.32 Å². The molecule has 0 aliphatic carbocycles. The first-order chi connectivity index (χ1) is 13.9. The zero-order valence-electron chi connectivity index (χ0n) is 15.1. The smallest absolute Gasteiger partial charge is 0.284 e. The van der Waals surface area contributed by atoms with Crippen molar-refractivity contribution in [1.29, 1.82) is 0 Å². The van der Waals surface area contributed by atoms with Crippen molar-refractivity contribution >= 4 is 35.0 Å². The summed E-state index contributed by atoms with van der Waals surface area (Å²) in [7, 11) is 0. The van der Waals surface area contributed by atoms with E-state index in [4.69, 9.17) is 11.6 Å². The van der Waals surface area contributed by atoms with Gasteiger partial charge in [-0.15, -0.1) is 0 Å². The number of benzene rings is 3. The Morgan fingerprint density at radius 1 is 1.07 bits per heavy atom. The highest BCUT2D eigenvalue weighted by Crippen LogP contribution is 2.38. The van der Waals surface area contributed by atoms with Crippen molar-refractivity contribution in [3.8, 4) is 0 Å². The van der Waals surface area contributed by atoms with Gasteiger partial charge in [0.15, 0.2) is 0 Å². The van der Waals surface area contributed by atoms with Gasteiger partial charge in [0.25, 0.3) is 11.6 Å². The molecule has 3 aromatic rings. The molecule has 0 bridgehead atoms. The molecule has 148 valence electrons. The first kappa shape index (κ1) is 20.8. The van der Waals surface area contributed by atoms with Crippen LogP contribution in [0.15, 0.2) is 76.5 Å². The fourth-order valence-electron chi connectivity index (χ4n) is 2.61. The van der Waals surface area contributed by atoms with Crippen LogP contribution in [0.2, 0.25) is 5.02 Å². The topological polar surface area (TPSA) is 72.2 Å². The molecule has 0 saturated carbocycles. The number of carbonyl (C=O) groups is 1. The largest absolute Gasteiger partial charge is 0.352 e. The fourth-order valence-corrected chi connectivity index (χ4v) is 3.78. The summed E-state index contributed by atoms with van der Waals surface area (Å²) < 4.78 is 12.9. The molecule has 0 fully saturated rings. The fraction of sp³-hybridized carbons (Fsp3) is 0.0952. The Kier molecular flexibility index (Phi) is 6.85. The summed E-state index contributed by atoms with van der Waals surface area (Å²) in [5.74, 6) is -0.732. The molecule has 0 spiro atoms. The minimum absolute atomic E-state index is 0.166. The monoisotopic (exact) mass is 430 g/mol. The quantitative estimate of drug-likeness (QED) is 0.396. The molecule has 8 heteroatoms. The number of hydrogen-bond acceptors (Lipinski definition) is 4. The third-order valence-electron chi connectivity index (χ3n) is 4.09. The minimum Gasteiger partial charge on any atom is -0.352 e. The van der Waals surface area contributed by atoms with E-state index < -0.39 is 10.8 Å². The van der Waals surface area contributed by atoms with E-state index in [1.165, 1.54) is 30.0 Å². The van der Waals surface area contributed by atoms with Crippen molar-refractivity contribution in [3.05, 3.63) is 98.8 Å². The van der Waals surface area contributed by atoms with Crippen LogP contribution in [0, 0.1) is 15.9 Å². The van der Waals surface area contributed by atoms with E-state index in [1.54, 1.807) is 48.5 Å². The van der Waals surface area contributed by atoms with Crippen LogP contribution in [0.4, 0.5) is 10.1 Å². The Balaban J connectivity index is 1.70. The van der Waals surface area contributed by atoms with Gasteiger partial charge in [-0.2, -0.15) is 0 Å². The van der Waals surface area contributed by atoms with Gasteiger partial charge in [-0.05, 0) is 48.4 Å². The second kappa shape index (κ2) is 9.54. The van der Waals surface area contributed by atoms with E-state index in [9.17, 15) is 19.3 Å². The Hall–Kier alpha value is -2.90. The van der Waals surface area contributed by atoms with E-state index in [1.807, 2.05) is 0 Å². The lowest BCUT2D eigenvalue weighted by Crippen LogP contribution is -2.25. The van der Waals surface area contributed by atoms with Crippen molar-refractivity contribution in [1.82, 2.24) is 5.32 Å². The first-order valence-corrected chi connectivity index (χ1v) is 9.87. The maximum Gasteiger partial charge on any atom is 0.284 e. The Labute approximate surface area is 176 Å². The maximum atomic E-state index is 12.9. The van der Waals surface area contributed by atoms with Gasteiger partial charge in [-0.3, -0.25) is 14.9 Å². The normalized spacial score (nSPS) is 10.6. The average molecular weight is 431 g/mol. The van der Waals surface area contributed by atoms with Gasteiger partial charge in [-0.1, -0.05) is 47.6 Å².